The molecule has 0 spiro atoms. The van der Waals surface area contributed by atoms with Crippen LogP contribution in [0.3, 0.4) is 0 Å². The van der Waals surface area contributed by atoms with Gasteiger partial charge in [-0.3, -0.25) is 0 Å². The highest BCUT2D eigenvalue weighted by molar-refractivity contribution is 9.10. The van der Waals surface area contributed by atoms with Gasteiger partial charge in [-0.05, 0) is 56.9 Å². The molecular formula is C12H12BrFN2O2S2. The van der Waals surface area contributed by atoms with Crippen LogP contribution < -0.4 is 10.5 Å². The Balaban J connectivity index is 2.29. The van der Waals surface area contributed by atoms with Crippen LogP contribution in [0.2, 0.25) is 0 Å². The monoisotopic (exact) mass is 378 g/mol. The smallest absolute Gasteiger partial charge is 0.243 e. The van der Waals surface area contributed by atoms with Gasteiger partial charge in [0, 0.05) is 12.2 Å². The molecule has 0 atom stereocenters. The van der Waals surface area contributed by atoms with E-state index in [0.29, 0.717) is 0 Å². The average Bonchev–Trinajstić information content (AvgIpc) is 2.77. The highest BCUT2D eigenvalue weighted by Crippen LogP contribution is 2.26. The fraction of sp³-hybridized carbons (Fsp3) is 0.167. The number of nitrogen functional groups attached to an aromatic ring is 1. The maximum atomic E-state index is 13.9. The molecule has 0 amide bonds. The first kappa shape index (κ1) is 15.4. The van der Waals surface area contributed by atoms with Crippen molar-refractivity contribution in [2.24, 2.45) is 0 Å². The van der Waals surface area contributed by atoms with Gasteiger partial charge in [0.2, 0.25) is 10.0 Å². The Kier molecular flexibility index (Phi) is 4.48. The van der Waals surface area contributed by atoms with Crippen molar-refractivity contribution in [3.63, 3.8) is 0 Å². The molecule has 0 aliphatic rings. The van der Waals surface area contributed by atoms with Crippen molar-refractivity contribution >= 4 is 43.0 Å². The van der Waals surface area contributed by atoms with E-state index in [-0.39, 0.29) is 16.7 Å². The van der Waals surface area contributed by atoms with Gasteiger partial charge in [0.05, 0.1) is 4.47 Å². The van der Waals surface area contributed by atoms with Crippen LogP contribution in [0.25, 0.3) is 0 Å². The molecule has 20 heavy (non-hydrogen) atoms. The molecular weight excluding hydrogens is 367 g/mol. The molecule has 2 aromatic rings. The van der Waals surface area contributed by atoms with Crippen molar-refractivity contribution in [2.45, 2.75) is 18.4 Å². The van der Waals surface area contributed by atoms with Crippen LogP contribution in [0.4, 0.5) is 10.1 Å². The summed E-state index contributed by atoms with van der Waals surface area (Å²) < 4.78 is 40.6. The highest BCUT2D eigenvalue weighted by Gasteiger charge is 2.21. The number of sulfonamides is 1. The van der Waals surface area contributed by atoms with Crippen LogP contribution in [0.15, 0.2) is 32.3 Å². The first-order valence-electron chi connectivity index (χ1n) is 5.57. The standard InChI is InChI=1S/C12H12BrFN2O2S2/c1-7-5-19-6-8(7)4-16-20(17,18)11-3-9(15)2-10(13)12(11)14/h2-3,5-6,16H,4,15H2,1H3. The SMILES string of the molecule is Cc1cscc1CNS(=O)(=O)c1cc(N)cc(Br)c1F. The Morgan fingerprint density at radius 3 is 2.70 bits per heavy atom. The number of thiophene rings is 1. The Hall–Kier alpha value is -0.960. The third-order valence-electron chi connectivity index (χ3n) is 2.72. The predicted octanol–water partition coefficient (Wildman–Crippen LogP) is 3.02. The minimum atomic E-state index is -3.96. The van der Waals surface area contributed by atoms with Crippen LogP contribution in [-0.4, -0.2) is 8.42 Å². The number of hydrogen-bond acceptors (Lipinski definition) is 4. The number of halogens is 2. The van der Waals surface area contributed by atoms with E-state index in [1.54, 1.807) is 0 Å². The molecule has 0 radical (unpaired) electrons. The molecule has 1 heterocycles. The molecule has 3 N–H and O–H groups in total. The maximum absolute atomic E-state index is 13.9. The van der Waals surface area contributed by atoms with E-state index in [4.69, 9.17) is 5.73 Å². The molecule has 0 aliphatic carbocycles. The van der Waals surface area contributed by atoms with E-state index in [0.717, 1.165) is 17.2 Å². The summed E-state index contributed by atoms with van der Waals surface area (Å²) in [6.07, 6.45) is 0. The van der Waals surface area contributed by atoms with Gasteiger partial charge in [-0.1, -0.05) is 0 Å². The number of anilines is 1. The summed E-state index contributed by atoms with van der Waals surface area (Å²) >= 11 is 4.43. The van der Waals surface area contributed by atoms with Gasteiger partial charge in [0.1, 0.15) is 4.90 Å². The second-order valence-electron chi connectivity index (χ2n) is 4.22. The fourth-order valence-electron chi connectivity index (χ4n) is 1.60. The molecule has 0 aliphatic heterocycles. The molecule has 8 heteroatoms. The molecule has 1 aromatic heterocycles. The molecule has 2 rings (SSSR count). The van der Waals surface area contributed by atoms with Crippen LogP contribution in [0.1, 0.15) is 11.1 Å². The van der Waals surface area contributed by atoms with E-state index in [9.17, 15) is 12.8 Å². The summed E-state index contributed by atoms with van der Waals surface area (Å²) in [4.78, 5) is -0.461. The van der Waals surface area contributed by atoms with Crippen LogP contribution in [-0.2, 0) is 16.6 Å². The van der Waals surface area contributed by atoms with Gasteiger partial charge in [-0.2, -0.15) is 11.3 Å². The molecule has 0 bridgehead atoms. The summed E-state index contributed by atoms with van der Waals surface area (Å²) in [6.45, 7) is 2.00. The number of nitrogens with one attached hydrogen (secondary N) is 1. The van der Waals surface area contributed by atoms with Gasteiger partial charge in [0.25, 0.3) is 0 Å². The van der Waals surface area contributed by atoms with Gasteiger partial charge < -0.3 is 5.73 Å². The lowest BCUT2D eigenvalue weighted by molar-refractivity contribution is 0.554. The van der Waals surface area contributed by atoms with Crippen molar-refractivity contribution in [1.82, 2.24) is 4.72 Å². The number of benzene rings is 1. The Morgan fingerprint density at radius 1 is 1.40 bits per heavy atom. The molecule has 108 valence electrons. The normalized spacial score (nSPS) is 11.8. The van der Waals surface area contributed by atoms with Crippen LogP contribution in [0, 0.1) is 12.7 Å². The van der Waals surface area contributed by atoms with Crippen molar-refractivity contribution < 1.29 is 12.8 Å². The zero-order valence-corrected chi connectivity index (χ0v) is 13.7. The Morgan fingerprint density at radius 2 is 2.10 bits per heavy atom. The molecule has 1 aromatic carbocycles. The van der Waals surface area contributed by atoms with E-state index in [2.05, 4.69) is 20.7 Å². The van der Waals surface area contributed by atoms with Crippen molar-refractivity contribution in [1.29, 1.82) is 0 Å². The van der Waals surface area contributed by atoms with Crippen LogP contribution in [0.5, 0.6) is 0 Å². The first-order valence-corrected chi connectivity index (χ1v) is 8.79. The lowest BCUT2D eigenvalue weighted by atomic mass is 10.2. The van der Waals surface area contributed by atoms with Gasteiger partial charge in [-0.25, -0.2) is 17.5 Å². The number of nitrogens with two attached hydrogens (primary N) is 1. The number of hydrogen-bond donors (Lipinski definition) is 2. The van der Waals surface area contributed by atoms with Crippen LogP contribution >= 0.6 is 27.3 Å². The van der Waals surface area contributed by atoms with Gasteiger partial charge in [-0.15, -0.1) is 0 Å². The Labute approximate surface area is 129 Å². The van der Waals surface area contributed by atoms with Crippen molar-refractivity contribution in [3.05, 3.63) is 44.3 Å². The topological polar surface area (TPSA) is 72.2 Å². The maximum Gasteiger partial charge on any atom is 0.243 e. The second kappa shape index (κ2) is 5.80. The summed E-state index contributed by atoms with van der Waals surface area (Å²) in [5.41, 5.74) is 7.58. The minimum Gasteiger partial charge on any atom is -0.399 e. The summed E-state index contributed by atoms with van der Waals surface area (Å²) in [6, 6.07) is 2.42. The zero-order chi connectivity index (χ0) is 14.9. The third kappa shape index (κ3) is 3.20. The van der Waals surface area contributed by atoms with Crippen molar-refractivity contribution in [3.8, 4) is 0 Å². The number of rotatable bonds is 4. The fourth-order valence-corrected chi connectivity index (χ4v) is 4.20. The summed E-state index contributed by atoms with van der Waals surface area (Å²) in [7, 11) is -3.96. The van der Waals surface area contributed by atoms with E-state index < -0.39 is 20.7 Å². The lowest BCUT2D eigenvalue weighted by Gasteiger charge is -2.09. The lowest BCUT2D eigenvalue weighted by Crippen LogP contribution is -2.24. The predicted molar refractivity (Wildman–Crippen MR) is 81.6 cm³/mol. The zero-order valence-electron chi connectivity index (χ0n) is 10.5. The minimum absolute atomic E-state index is 0.0181. The summed E-state index contributed by atoms with van der Waals surface area (Å²) in [5, 5.41) is 3.77. The number of aryl methyl sites for hydroxylation is 1. The Bertz CT molecular complexity index is 744. The quantitative estimate of drug-likeness (QED) is 0.803. The molecule has 0 saturated carbocycles. The first-order chi connectivity index (χ1) is 9.31. The van der Waals surface area contributed by atoms with E-state index in [1.807, 2.05) is 17.7 Å². The molecule has 4 nitrogen and oxygen atoms in total. The van der Waals surface area contributed by atoms with E-state index in [1.165, 1.54) is 17.4 Å². The van der Waals surface area contributed by atoms with E-state index >= 15 is 0 Å². The highest BCUT2D eigenvalue weighted by atomic mass is 79.9. The molecule has 0 unspecified atom stereocenters. The molecule has 0 saturated heterocycles. The second-order valence-corrected chi connectivity index (χ2v) is 7.55. The summed E-state index contributed by atoms with van der Waals surface area (Å²) in [5.74, 6) is -0.853. The largest absolute Gasteiger partial charge is 0.399 e. The van der Waals surface area contributed by atoms with Crippen molar-refractivity contribution in [2.75, 3.05) is 5.73 Å². The molecule has 0 fully saturated rings. The van der Waals surface area contributed by atoms with Gasteiger partial charge >= 0.3 is 0 Å². The van der Waals surface area contributed by atoms with Gasteiger partial charge in [0.15, 0.2) is 5.82 Å². The average molecular weight is 379 g/mol. The third-order valence-corrected chi connectivity index (χ3v) is 5.61.